The van der Waals surface area contributed by atoms with E-state index in [0.717, 1.165) is 30.6 Å². The van der Waals surface area contributed by atoms with Crippen molar-refractivity contribution in [2.75, 3.05) is 23.3 Å². The van der Waals surface area contributed by atoms with Crippen LogP contribution in [0.25, 0.3) is 0 Å². The third-order valence-corrected chi connectivity index (χ3v) is 3.98. The first-order valence-corrected chi connectivity index (χ1v) is 8.14. The van der Waals surface area contributed by atoms with Gasteiger partial charge in [-0.3, -0.25) is 14.6 Å². The molecule has 1 fully saturated rings. The number of aromatic nitrogens is 3. The Morgan fingerprint density at radius 1 is 1.24 bits per heavy atom. The van der Waals surface area contributed by atoms with Crippen molar-refractivity contribution in [2.45, 2.75) is 25.8 Å². The maximum atomic E-state index is 12.2. The number of rotatable bonds is 4. The van der Waals surface area contributed by atoms with Crippen LogP contribution in [0.5, 0.6) is 0 Å². The lowest BCUT2D eigenvalue weighted by Crippen LogP contribution is -2.34. The second kappa shape index (κ2) is 7.57. The maximum absolute atomic E-state index is 12.2. The Bertz CT molecular complexity index is 864. The van der Waals surface area contributed by atoms with Gasteiger partial charge in [-0.05, 0) is 31.4 Å². The van der Waals surface area contributed by atoms with Crippen LogP contribution in [0.15, 0.2) is 35.4 Å². The molecule has 25 heavy (non-hydrogen) atoms. The predicted octanol–water partition coefficient (Wildman–Crippen LogP) is 1.14. The zero-order valence-corrected chi connectivity index (χ0v) is 13.7. The van der Waals surface area contributed by atoms with Gasteiger partial charge in [0, 0.05) is 25.4 Å². The average Bonchev–Trinajstić information content (AvgIpc) is 2.64. The van der Waals surface area contributed by atoms with Gasteiger partial charge in [0.1, 0.15) is 18.4 Å². The summed E-state index contributed by atoms with van der Waals surface area (Å²) in [6.45, 7) is 1.62. The Hall–Kier alpha value is -3.21. The lowest BCUT2D eigenvalue weighted by atomic mass is 10.1. The summed E-state index contributed by atoms with van der Waals surface area (Å²) in [7, 11) is 0. The summed E-state index contributed by atoms with van der Waals surface area (Å²) >= 11 is 0. The minimum Gasteiger partial charge on any atom is -0.355 e. The van der Waals surface area contributed by atoms with Gasteiger partial charge in [-0.2, -0.15) is 10.4 Å². The largest absolute Gasteiger partial charge is 0.355 e. The Morgan fingerprint density at radius 2 is 2.04 bits per heavy atom. The summed E-state index contributed by atoms with van der Waals surface area (Å²) in [5.41, 5.74) is 0.421. The third kappa shape index (κ3) is 4.20. The first-order valence-electron chi connectivity index (χ1n) is 8.14. The minimum absolute atomic E-state index is 0.197. The summed E-state index contributed by atoms with van der Waals surface area (Å²) in [4.78, 5) is 30.2. The molecule has 0 atom stereocenters. The van der Waals surface area contributed by atoms with Gasteiger partial charge >= 0.3 is 0 Å². The number of hydrogen-bond donors (Lipinski definition) is 1. The fourth-order valence-electron chi connectivity index (χ4n) is 2.75. The zero-order chi connectivity index (χ0) is 17.6. The smallest absolute Gasteiger partial charge is 0.267 e. The van der Waals surface area contributed by atoms with Crippen LogP contribution in [0.2, 0.25) is 0 Å². The van der Waals surface area contributed by atoms with Gasteiger partial charge in [-0.1, -0.05) is 0 Å². The molecule has 128 valence electrons. The van der Waals surface area contributed by atoms with Crippen LogP contribution in [0.4, 0.5) is 11.5 Å². The monoisotopic (exact) mass is 338 g/mol. The number of carbonyl (C=O) groups excluding carboxylic acids is 1. The van der Waals surface area contributed by atoms with Crippen molar-refractivity contribution in [3.8, 4) is 6.07 Å². The zero-order valence-electron chi connectivity index (χ0n) is 13.7. The van der Waals surface area contributed by atoms with E-state index in [4.69, 9.17) is 5.26 Å². The van der Waals surface area contributed by atoms with Gasteiger partial charge in [0.15, 0.2) is 0 Å². The van der Waals surface area contributed by atoms with Crippen LogP contribution in [0.1, 0.15) is 24.8 Å². The molecule has 1 saturated heterocycles. The number of nitrogens with one attached hydrogen (secondary N) is 1. The molecule has 0 spiro atoms. The van der Waals surface area contributed by atoms with Crippen LogP contribution in [0, 0.1) is 11.3 Å². The highest BCUT2D eigenvalue weighted by molar-refractivity contribution is 5.90. The van der Waals surface area contributed by atoms with Crippen LogP contribution in [0.3, 0.4) is 0 Å². The average molecular weight is 338 g/mol. The van der Waals surface area contributed by atoms with Gasteiger partial charge in [-0.15, -0.1) is 0 Å². The SMILES string of the molecule is N#Cc1cncc(NC(=O)Cn2nc(N3CCCCC3)ccc2=O)c1. The van der Waals surface area contributed by atoms with Gasteiger partial charge in [0.05, 0.1) is 17.4 Å². The molecule has 1 aliphatic rings. The molecule has 0 aromatic carbocycles. The molecular weight excluding hydrogens is 320 g/mol. The molecule has 0 aliphatic carbocycles. The fourth-order valence-corrected chi connectivity index (χ4v) is 2.75. The standard InChI is InChI=1S/C17H18N6O2/c18-9-13-8-14(11-19-10-13)20-16(24)12-23-17(25)5-4-15(21-23)22-6-2-1-3-7-22/h4-5,8,10-11H,1-3,6-7,12H2,(H,20,24). The lowest BCUT2D eigenvalue weighted by Gasteiger charge is -2.27. The molecule has 3 rings (SSSR count). The van der Waals surface area contributed by atoms with E-state index in [1.807, 2.05) is 6.07 Å². The molecule has 0 bridgehead atoms. The number of carbonyl (C=O) groups is 1. The van der Waals surface area contributed by atoms with Crippen molar-refractivity contribution in [1.82, 2.24) is 14.8 Å². The van der Waals surface area contributed by atoms with Crippen molar-refractivity contribution in [2.24, 2.45) is 0 Å². The van der Waals surface area contributed by atoms with Crippen LogP contribution in [-0.2, 0) is 11.3 Å². The number of anilines is 2. The number of nitriles is 1. The topological polar surface area (TPSA) is 104 Å². The molecule has 8 nitrogen and oxygen atoms in total. The molecule has 2 aromatic heterocycles. The van der Waals surface area contributed by atoms with Gasteiger partial charge < -0.3 is 10.2 Å². The first-order chi connectivity index (χ1) is 12.2. The second-order valence-electron chi connectivity index (χ2n) is 5.86. The summed E-state index contributed by atoms with van der Waals surface area (Å²) in [5, 5.41) is 15.8. The molecular formula is C17H18N6O2. The van der Waals surface area contributed by atoms with Crippen molar-refractivity contribution < 1.29 is 4.79 Å². The number of hydrogen-bond acceptors (Lipinski definition) is 6. The molecule has 1 N–H and O–H groups in total. The van der Waals surface area contributed by atoms with E-state index in [1.54, 1.807) is 6.07 Å². The van der Waals surface area contributed by atoms with Crippen molar-refractivity contribution >= 4 is 17.4 Å². The molecule has 0 radical (unpaired) electrons. The molecule has 0 unspecified atom stereocenters. The van der Waals surface area contributed by atoms with Crippen molar-refractivity contribution in [1.29, 1.82) is 5.26 Å². The number of piperidine rings is 1. The van der Waals surface area contributed by atoms with Crippen molar-refractivity contribution in [3.05, 3.63) is 46.5 Å². The van der Waals surface area contributed by atoms with E-state index >= 15 is 0 Å². The number of nitrogens with zero attached hydrogens (tertiary/aromatic N) is 5. The van der Waals surface area contributed by atoms with Gasteiger partial charge in [-0.25, -0.2) is 4.68 Å². The van der Waals surface area contributed by atoms with Crippen LogP contribution in [-0.4, -0.2) is 33.8 Å². The quantitative estimate of drug-likeness (QED) is 0.896. The maximum Gasteiger partial charge on any atom is 0.267 e. The Labute approximate surface area is 144 Å². The van der Waals surface area contributed by atoms with Crippen LogP contribution < -0.4 is 15.8 Å². The highest BCUT2D eigenvalue weighted by Crippen LogP contribution is 2.15. The molecule has 8 heteroatoms. The van der Waals surface area contributed by atoms with E-state index in [9.17, 15) is 9.59 Å². The van der Waals surface area contributed by atoms with Crippen molar-refractivity contribution in [3.63, 3.8) is 0 Å². The van der Waals surface area contributed by atoms with E-state index in [1.165, 1.54) is 30.9 Å². The summed E-state index contributed by atoms with van der Waals surface area (Å²) < 4.78 is 1.15. The van der Waals surface area contributed by atoms with E-state index < -0.39 is 5.91 Å². The predicted molar refractivity (Wildman–Crippen MR) is 92.1 cm³/mol. The lowest BCUT2D eigenvalue weighted by molar-refractivity contribution is -0.117. The number of pyridine rings is 1. The highest BCUT2D eigenvalue weighted by Gasteiger charge is 2.14. The molecule has 2 aromatic rings. The summed E-state index contributed by atoms with van der Waals surface area (Å²) in [6, 6.07) is 6.60. The van der Waals surface area contributed by atoms with Gasteiger partial charge in [0.25, 0.3) is 5.56 Å². The molecule has 1 amide bonds. The van der Waals surface area contributed by atoms with E-state index in [2.05, 4.69) is 20.3 Å². The summed E-state index contributed by atoms with van der Waals surface area (Å²) in [6.07, 6.45) is 6.25. The normalized spacial score (nSPS) is 14.0. The fraction of sp³-hybridized carbons (Fsp3) is 0.353. The molecule has 1 aliphatic heterocycles. The Balaban J connectivity index is 1.72. The summed E-state index contributed by atoms with van der Waals surface area (Å²) in [5.74, 6) is 0.308. The third-order valence-electron chi connectivity index (χ3n) is 3.98. The van der Waals surface area contributed by atoms with Gasteiger partial charge in [0.2, 0.25) is 5.91 Å². The second-order valence-corrected chi connectivity index (χ2v) is 5.86. The minimum atomic E-state index is -0.401. The first kappa shape index (κ1) is 16.6. The molecule has 3 heterocycles. The Kier molecular flexibility index (Phi) is 5.04. The Morgan fingerprint density at radius 3 is 2.80 bits per heavy atom. The highest BCUT2D eigenvalue weighted by atomic mass is 16.2. The van der Waals surface area contributed by atoms with E-state index in [0.29, 0.717) is 17.1 Å². The van der Waals surface area contributed by atoms with Crippen LogP contribution >= 0.6 is 0 Å². The van der Waals surface area contributed by atoms with E-state index in [-0.39, 0.29) is 12.1 Å². The molecule has 0 saturated carbocycles. The number of amides is 1.